The molecule has 7 heteroatoms. The van der Waals surface area contributed by atoms with Crippen LogP contribution in [0.1, 0.15) is 35.1 Å². The molecule has 3 unspecified atom stereocenters. The molecule has 160 valence electrons. The average molecular weight is 418 g/mol. The van der Waals surface area contributed by atoms with Gasteiger partial charge in [-0.25, -0.2) is 0 Å². The molecule has 4 rings (SSSR count). The maximum absolute atomic E-state index is 12.9. The van der Waals surface area contributed by atoms with Gasteiger partial charge in [0.15, 0.2) is 0 Å². The Labute approximate surface area is 174 Å². The van der Waals surface area contributed by atoms with Gasteiger partial charge in [-0.15, -0.1) is 0 Å². The Morgan fingerprint density at radius 3 is 2.37 bits per heavy atom. The van der Waals surface area contributed by atoms with E-state index >= 15 is 0 Å². The number of ether oxygens (including phenoxy) is 1. The summed E-state index contributed by atoms with van der Waals surface area (Å²) in [6.07, 6.45) is -3.68. The number of halogens is 3. The molecule has 30 heavy (non-hydrogen) atoms. The van der Waals surface area contributed by atoms with E-state index in [1.54, 1.807) is 0 Å². The van der Waals surface area contributed by atoms with Gasteiger partial charge in [-0.3, -0.25) is 9.69 Å². The van der Waals surface area contributed by atoms with E-state index in [1.807, 2.05) is 30.3 Å². The average Bonchev–Trinajstić information content (AvgIpc) is 3.55. The first-order valence-electron chi connectivity index (χ1n) is 10.2. The van der Waals surface area contributed by atoms with Crippen molar-refractivity contribution in [3.8, 4) is 0 Å². The van der Waals surface area contributed by atoms with Gasteiger partial charge in [0.1, 0.15) is 0 Å². The van der Waals surface area contributed by atoms with Crippen LogP contribution in [-0.4, -0.2) is 43.7 Å². The Hall–Kier alpha value is -2.38. The molecule has 1 heterocycles. The second-order valence-electron chi connectivity index (χ2n) is 7.95. The number of hydrogen-bond acceptors (Lipinski definition) is 3. The van der Waals surface area contributed by atoms with E-state index in [4.69, 9.17) is 4.74 Å². The van der Waals surface area contributed by atoms with Crippen LogP contribution in [0, 0.1) is 5.92 Å². The van der Waals surface area contributed by atoms with Crippen LogP contribution in [0.3, 0.4) is 0 Å². The van der Waals surface area contributed by atoms with Crippen molar-refractivity contribution < 1.29 is 22.7 Å². The highest BCUT2D eigenvalue weighted by Gasteiger charge is 2.44. The van der Waals surface area contributed by atoms with Crippen LogP contribution in [0.25, 0.3) is 0 Å². The Kier molecular flexibility index (Phi) is 6.11. The SMILES string of the molecule is O=C(NC(CN1CCOCC1)c1ccccc1)C1CC1c1ccc(C(F)(F)F)cc1. The third-order valence-corrected chi connectivity index (χ3v) is 5.86. The molecule has 1 saturated carbocycles. The van der Waals surface area contributed by atoms with E-state index in [0.29, 0.717) is 26.2 Å². The van der Waals surface area contributed by atoms with E-state index in [2.05, 4.69) is 10.2 Å². The first-order chi connectivity index (χ1) is 14.4. The Morgan fingerprint density at radius 2 is 1.73 bits per heavy atom. The van der Waals surface area contributed by atoms with Crippen LogP contribution >= 0.6 is 0 Å². The summed E-state index contributed by atoms with van der Waals surface area (Å²) in [6.45, 7) is 3.74. The zero-order valence-corrected chi connectivity index (χ0v) is 16.6. The maximum atomic E-state index is 12.9. The van der Waals surface area contributed by atoms with Gasteiger partial charge in [0, 0.05) is 25.6 Å². The fourth-order valence-corrected chi connectivity index (χ4v) is 4.01. The second kappa shape index (κ2) is 8.78. The monoisotopic (exact) mass is 418 g/mol. The minimum atomic E-state index is -4.35. The summed E-state index contributed by atoms with van der Waals surface area (Å²) in [5.74, 6) is -0.258. The van der Waals surface area contributed by atoms with Gasteiger partial charge in [-0.2, -0.15) is 13.2 Å². The van der Waals surface area contributed by atoms with Crippen molar-refractivity contribution in [1.29, 1.82) is 0 Å². The van der Waals surface area contributed by atoms with E-state index in [-0.39, 0.29) is 23.8 Å². The molecule has 0 aromatic heterocycles. The lowest BCUT2D eigenvalue weighted by atomic mass is 10.0. The Bertz CT molecular complexity index is 849. The number of nitrogens with one attached hydrogen (secondary N) is 1. The van der Waals surface area contributed by atoms with Gasteiger partial charge in [0.25, 0.3) is 0 Å². The van der Waals surface area contributed by atoms with Gasteiger partial charge in [0.05, 0.1) is 24.8 Å². The van der Waals surface area contributed by atoms with Crippen LogP contribution < -0.4 is 5.32 Å². The molecule has 1 amide bonds. The summed E-state index contributed by atoms with van der Waals surface area (Å²) in [6, 6.07) is 14.9. The van der Waals surface area contributed by atoms with Crippen molar-refractivity contribution in [2.24, 2.45) is 5.92 Å². The maximum Gasteiger partial charge on any atom is 0.416 e. The lowest BCUT2D eigenvalue weighted by molar-refractivity contribution is -0.137. The smallest absolute Gasteiger partial charge is 0.379 e. The number of benzene rings is 2. The van der Waals surface area contributed by atoms with Crippen molar-refractivity contribution in [1.82, 2.24) is 10.2 Å². The number of nitrogens with zero attached hydrogens (tertiary/aromatic N) is 1. The summed E-state index contributed by atoms with van der Waals surface area (Å²) in [4.78, 5) is 15.2. The highest BCUT2D eigenvalue weighted by atomic mass is 19.4. The van der Waals surface area contributed by atoms with Gasteiger partial charge >= 0.3 is 6.18 Å². The number of rotatable bonds is 6. The molecular weight excluding hydrogens is 393 g/mol. The summed E-state index contributed by atoms with van der Waals surface area (Å²) < 4.78 is 43.7. The van der Waals surface area contributed by atoms with Crippen LogP contribution in [0.2, 0.25) is 0 Å². The molecule has 3 atom stereocenters. The van der Waals surface area contributed by atoms with Crippen molar-refractivity contribution in [2.45, 2.75) is 24.6 Å². The Morgan fingerprint density at radius 1 is 1.07 bits per heavy atom. The molecule has 2 fully saturated rings. The summed E-state index contributed by atoms with van der Waals surface area (Å²) in [5.41, 5.74) is 1.17. The van der Waals surface area contributed by atoms with Crippen molar-refractivity contribution in [3.05, 3.63) is 71.3 Å². The molecule has 2 aromatic rings. The predicted molar refractivity (Wildman–Crippen MR) is 107 cm³/mol. The topological polar surface area (TPSA) is 41.6 Å². The van der Waals surface area contributed by atoms with Crippen LogP contribution in [-0.2, 0) is 15.7 Å². The molecule has 0 radical (unpaired) electrons. The lowest BCUT2D eigenvalue weighted by Crippen LogP contribution is -2.43. The fourth-order valence-electron chi connectivity index (χ4n) is 4.01. The predicted octanol–water partition coefficient (Wildman–Crippen LogP) is 4.00. The second-order valence-corrected chi connectivity index (χ2v) is 7.95. The van der Waals surface area contributed by atoms with Crippen LogP contribution in [0.4, 0.5) is 13.2 Å². The molecule has 1 aliphatic heterocycles. The van der Waals surface area contributed by atoms with Crippen molar-refractivity contribution in [2.75, 3.05) is 32.8 Å². The number of morpholine rings is 1. The normalized spacial score (nSPS) is 23.0. The van der Waals surface area contributed by atoms with E-state index in [1.165, 1.54) is 12.1 Å². The molecule has 0 bridgehead atoms. The number of hydrogen-bond donors (Lipinski definition) is 1. The van der Waals surface area contributed by atoms with E-state index in [9.17, 15) is 18.0 Å². The van der Waals surface area contributed by atoms with E-state index in [0.717, 1.165) is 36.3 Å². The zero-order chi connectivity index (χ0) is 21.1. The first-order valence-corrected chi connectivity index (χ1v) is 10.2. The number of carbonyl (C=O) groups is 1. The van der Waals surface area contributed by atoms with Gasteiger partial charge < -0.3 is 10.1 Å². The molecule has 1 N–H and O–H groups in total. The molecule has 1 aliphatic carbocycles. The number of amides is 1. The third kappa shape index (κ3) is 5.02. The molecular formula is C23H25F3N2O2. The number of alkyl halides is 3. The summed E-state index contributed by atoms with van der Waals surface area (Å²) >= 11 is 0. The standard InChI is InChI=1S/C23H25F3N2O2/c24-23(25,26)18-8-6-16(7-9-18)19-14-20(19)22(29)27-21(17-4-2-1-3-5-17)15-28-10-12-30-13-11-28/h1-9,19-21H,10-15H2,(H,27,29). The zero-order valence-electron chi connectivity index (χ0n) is 16.6. The summed E-state index contributed by atoms with van der Waals surface area (Å²) in [5, 5.41) is 3.18. The quantitative estimate of drug-likeness (QED) is 0.771. The van der Waals surface area contributed by atoms with Gasteiger partial charge in [-0.05, 0) is 35.6 Å². The molecule has 1 saturated heterocycles. The molecule has 4 nitrogen and oxygen atoms in total. The lowest BCUT2D eigenvalue weighted by Gasteiger charge is -2.31. The minimum absolute atomic E-state index is 0.0212. The largest absolute Gasteiger partial charge is 0.416 e. The third-order valence-electron chi connectivity index (χ3n) is 5.86. The van der Waals surface area contributed by atoms with Crippen LogP contribution in [0.5, 0.6) is 0 Å². The minimum Gasteiger partial charge on any atom is -0.379 e. The molecule has 2 aromatic carbocycles. The fraction of sp³-hybridized carbons (Fsp3) is 0.435. The Balaban J connectivity index is 1.40. The van der Waals surface area contributed by atoms with Gasteiger partial charge in [-0.1, -0.05) is 42.5 Å². The van der Waals surface area contributed by atoms with Crippen molar-refractivity contribution >= 4 is 5.91 Å². The highest BCUT2D eigenvalue weighted by molar-refractivity contribution is 5.83. The molecule has 0 spiro atoms. The van der Waals surface area contributed by atoms with Crippen LogP contribution in [0.15, 0.2) is 54.6 Å². The molecule has 2 aliphatic rings. The number of carbonyl (C=O) groups excluding carboxylic acids is 1. The summed E-state index contributed by atoms with van der Waals surface area (Å²) in [7, 11) is 0. The highest BCUT2D eigenvalue weighted by Crippen LogP contribution is 2.48. The van der Waals surface area contributed by atoms with Gasteiger partial charge in [0.2, 0.25) is 5.91 Å². The van der Waals surface area contributed by atoms with E-state index < -0.39 is 11.7 Å². The first kappa shape index (κ1) is 20.9. The van der Waals surface area contributed by atoms with Crippen molar-refractivity contribution in [3.63, 3.8) is 0 Å².